The van der Waals surface area contributed by atoms with Crippen LogP contribution in [0.15, 0.2) is 24.0 Å². The van der Waals surface area contributed by atoms with Gasteiger partial charge in [-0.25, -0.2) is 14.8 Å². The number of thiazole rings is 1. The lowest BCUT2D eigenvalue weighted by Gasteiger charge is -2.33. The van der Waals surface area contributed by atoms with E-state index in [9.17, 15) is 4.79 Å². The summed E-state index contributed by atoms with van der Waals surface area (Å²) in [5, 5.41) is 5.98. The predicted molar refractivity (Wildman–Crippen MR) is 97.2 cm³/mol. The fourth-order valence-corrected chi connectivity index (χ4v) is 3.51. The van der Waals surface area contributed by atoms with Gasteiger partial charge in [0.1, 0.15) is 5.60 Å². The molecule has 1 aliphatic rings. The average molecular weight is 361 g/mol. The summed E-state index contributed by atoms with van der Waals surface area (Å²) >= 11 is 1.53. The molecule has 134 valence electrons. The Bertz CT molecular complexity index is 713. The number of rotatable bonds is 3. The van der Waals surface area contributed by atoms with Crippen LogP contribution in [0.1, 0.15) is 45.2 Å². The van der Waals surface area contributed by atoms with Crippen LogP contribution >= 0.6 is 11.3 Å². The Balaban J connectivity index is 1.63. The molecule has 3 heterocycles. The number of nitrogens with one attached hydrogen (secondary N) is 1. The zero-order valence-corrected chi connectivity index (χ0v) is 15.5. The summed E-state index contributed by atoms with van der Waals surface area (Å²) in [7, 11) is 0. The lowest BCUT2D eigenvalue weighted by molar-refractivity contribution is 0.0197. The number of amides is 1. The molecule has 25 heavy (non-hydrogen) atoms. The monoisotopic (exact) mass is 361 g/mol. The largest absolute Gasteiger partial charge is 0.444 e. The van der Waals surface area contributed by atoms with Gasteiger partial charge in [0.2, 0.25) is 0 Å². The highest BCUT2D eigenvalue weighted by Gasteiger charge is 2.29. The van der Waals surface area contributed by atoms with Crippen molar-refractivity contribution in [3.05, 3.63) is 29.7 Å². The Morgan fingerprint density at radius 3 is 2.96 bits per heavy atom. The highest BCUT2D eigenvalue weighted by Crippen LogP contribution is 2.30. The maximum Gasteiger partial charge on any atom is 0.410 e. The topological polar surface area (TPSA) is 80.2 Å². The molecule has 2 aromatic rings. The van der Waals surface area contributed by atoms with E-state index in [4.69, 9.17) is 4.74 Å². The van der Waals surface area contributed by atoms with Crippen LogP contribution in [0.3, 0.4) is 0 Å². The first-order valence-corrected chi connectivity index (χ1v) is 9.25. The van der Waals surface area contributed by atoms with E-state index in [-0.39, 0.29) is 12.0 Å². The molecule has 0 aromatic carbocycles. The molecular formula is C17H23N5O2S. The summed E-state index contributed by atoms with van der Waals surface area (Å²) in [6, 6.07) is 0. The summed E-state index contributed by atoms with van der Waals surface area (Å²) in [6.07, 6.45) is 6.65. The van der Waals surface area contributed by atoms with Gasteiger partial charge in [-0.15, -0.1) is 11.3 Å². The molecule has 0 spiro atoms. The third-order valence-electron chi connectivity index (χ3n) is 3.81. The van der Waals surface area contributed by atoms with E-state index < -0.39 is 5.60 Å². The van der Waals surface area contributed by atoms with Crippen molar-refractivity contribution in [2.24, 2.45) is 0 Å². The second kappa shape index (κ2) is 7.35. The van der Waals surface area contributed by atoms with Crippen molar-refractivity contribution in [1.82, 2.24) is 19.9 Å². The molecule has 7 nitrogen and oxygen atoms in total. The normalized spacial score (nSPS) is 18.0. The minimum absolute atomic E-state index is 0.231. The second-order valence-corrected chi connectivity index (χ2v) is 7.92. The lowest BCUT2D eigenvalue weighted by Crippen LogP contribution is -2.42. The Morgan fingerprint density at radius 2 is 2.24 bits per heavy atom. The van der Waals surface area contributed by atoms with Crippen molar-refractivity contribution in [3.63, 3.8) is 0 Å². The smallest absolute Gasteiger partial charge is 0.410 e. The van der Waals surface area contributed by atoms with E-state index in [0.29, 0.717) is 12.4 Å². The van der Waals surface area contributed by atoms with Gasteiger partial charge in [0, 0.05) is 36.8 Å². The van der Waals surface area contributed by atoms with Crippen LogP contribution < -0.4 is 5.32 Å². The van der Waals surface area contributed by atoms with E-state index in [1.807, 2.05) is 26.2 Å². The first-order valence-electron chi connectivity index (χ1n) is 8.37. The highest BCUT2D eigenvalue weighted by molar-refractivity contribution is 7.13. The number of anilines is 2. The number of likely N-dealkylation sites (tertiary alicyclic amines) is 1. The second-order valence-electron chi connectivity index (χ2n) is 7.06. The molecule has 1 saturated heterocycles. The minimum atomic E-state index is -0.474. The van der Waals surface area contributed by atoms with Gasteiger partial charge in [-0.05, 0) is 33.6 Å². The Hall–Kier alpha value is -2.22. The van der Waals surface area contributed by atoms with E-state index in [0.717, 1.165) is 30.2 Å². The average Bonchev–Trinajstić information content (AvgIpc) is 3.03. The molecule has 0 radical (unpaired) electrons. The molecule has 0 bridgehead atoms. The molecule has 1 aliphatic heterocycles. The molecule has 1 N–H and O–H groups in total. The van der Waals surface area contributed by atoms with Gasteiger partial charge >= 0.3 is 6.09 Å². The van der Waals surface area contributed by atoms with E-state index in [1.165, 1.54) is 11.3 Å². The van der Waals surface area contributed by atoms with Gasteiger partial charge in [-0.2, -0.15) is 0 Å². The van der Waals surface area contributed by atoms with Crippen LogP contribution in [0, 0.1) is 0 Å². The quantitative estimate of drug-likeness (QED) is 0.896. The van der Waals surface area contributed by atoms with Crippen molar-refractivity contribution in [2.75, 3.05) is 18.4 Å². The zero-order chi connectivity index (χ0) is 17.9. The van der Waals surface area contributed by atoms with Crippen LogP contribution in [-0.4, -0.2) is 44.6 Å². The van der Waals surface area contributed by atoms with Gasteiger partial charge in [-0.1, -0.05) is 0 Å². The number of carbonyl (C=O) groups excluding carboxylic acids is 1. The predicted octanol–water partition coefficient (Wildman–Crippen LogP) is 3.79. The fourth-order valence-electron chi connectivity index (χ4n) is 2.72. The molecule has 0 saturated carbocycles. The standard InChI is InChI=1S/C17H23N5O2S/c1-17(2,3)24-16(23)22-8-4-5-12(10-22)13-11-25-15(20-13)21-14-9-18-6-7-19-14/h6-7,9,11-12H,4-5,8,10H2,1-3H3,(H,19,20,21)/t12-/m1/s1. The number of hydrogen-bond acceptors (Lipinski definition) is 7. The Kier molecular flexibility index (Phi) is 5.17. The van der Waals surface area contributed by atoms with E-state index in [1.54, 1.807) is 23.5 Å². The molecule has 1 fully saturated rings. The van der Waals surface area contributed by atoms with Gasteiger partial charge < -0.3 is 15.0 Å². The van der Waals surface area contributed by atoms with Crippen molar-refractivity contribution >= 4 is 28.4 Å². The maximum absolute atomic E-state index is 12.3. The molecule has 0 unspecified atom stereocenters. The van der Waals surface area contributed by atoms with Gasteiger partial charge in [-0.3, -0.25) is 4.98 Å². The minimum Gasteiger partial charge on any atom is -0.444 e. The molecule has 2 aromatic heterocycles. The van der Waals surface area contributed by atoms with Crippen LogP contribution in [0.4, 0.5) is 15.7 Å². The number of ether oxygens (including phenoxy) is 1. The molecule has 1 amide bonds. The van der Waals surface area contributed by atoms with E-state index >= 15 is 0 Å². The summed E-state index contributed by atoms with van der Waals surface area (Å²) in [4.78, 5) is 27.0. The Labute approximate surface area is 151 Å². The van der Waals surface area contributed by atoms with Crippen molar-refractivity contribution in [2.45, 2.75) is 45.1 Å². The van der Waals surface area contributed by atoms with Crippen LogP contribution in [-0.2, 0) is 4.74 Å². The fraction of sp³-hybridized carbons (Fsp3) is 0.529. The molecule has 0 aliphatic carbocycles. The number of hydrogen-bond donors (Lipinski definition) is 1. The molecule has 8 heteroatoms. The lowest BCUT2D eigenvalue weighted by atomic mass is 9.96. The van der Waals surface area contributed by atoms with Gasteiger partial charge in [0.05, 0.1) is 11.9 Å². The number of aromatic nitrogens is 3. The maximum atomic E-state index is 12.3. The highest BCUT2D eigenvalue weighted by atomic mass is 32.1. The SMILES string of the molecule is CC(C)(C)OC(=O)N1CCC[C@@H](c2csc(Nc3cnccn3)n2)C1. The van der Waals surface area contributed by atoms with Gasteiger partial charge in [0.15, 0.2) is 10.9 Å². The molecule has 1 atom stereocenters. The van der Waals surface area contributed by atoms with Gasteiger partial charge in [0.25, 0.3) is 0 Å². The summed E-state index contributed by atoms with van der Waals surface area (Å²) in [5.74, 6) is 0.900. The number of nitrogens with zero attached hydrogens (tertiary/aromatic N) is 4. The first-order chi connectivity index (χ1) is 11.9. The number of carbonyl (C=O) groups is 1. The molecular weight excluding hydrogens is 338 g/mol. The first kappa shape index (κ1) is 17.6. The third kappa shape index (κ3) is 4.88. The summed E-state index contributed by atoms with van der Waals surface area (Å²) < 4.78 is 5.49. The third-order valence-corrected chi connectivity index (χ3v) is 4.59. The van der Waals surface area contributed by atoms with Crippen molar-refractivity contribution in [1.29, 1.82) is 0 Å². The van der Waals surface area contributed by atoms with E-state index in [2.05, 4.69) is 20.3 Å². The molecule has 3 rings (SSSR count). The van der Waals surface area contributed by atoms with Crippen molar-refractivity contribution < 1.29 is 9.53 Å². The summed E-state index contributed by atoms with van der Waals surface area (Å²) in [5.41, 5.74) is 0.531. The zero-order valence-electron chi connectivity index (χ0n) is 14.7. The van der Waals surface area contributed by atoms with Crippen LogP contribution in [0.5, 0.6) is 0 Å². The number of piperidine rings is 1. The van der Waals surface area contributed by atoms with Crippen LogP contribution in [0.25, 0.3) is 0 Å². The van der Waals surface area contributed by atoms with Crippen LogP contribution in [0.2, 0.25) is 0 Å². The summed E-state index contributed by atoms with van der Waals surface area (Å²) in [6.45, 7) is 7.04. The Morgan fingerprint density at radius 1 is 1.40 bits per heavy atom. The van der Waals surface area contributed by atoms with Crippen molar-refractivity contribution in [3.8, 4) is 0 Å².